The number of esters is 1. The summed E-state index contributed by atoms with van der Waals surface area (Å²) >= 11 is 0. The van der Waals surface area contributed by atoms with Gasteiger partial charge in [-0.2, -0.15) is 0 Å². The monoisotopic (exact) mass is 697 g/mol. The van der Waals surface area contributed by atoms with Crippen LogP contribution in [0.5, 0.6) is 0 Å². The van der Waals surface area contributed by atoms with Crippen LogP contribution in [-0.2, 0) is 19.0 Å². The summed E-state index contributed by atoms with van der Waals surface area (Å²) in [5, 5.41) is 0. The smallest absolute Gasteiger partial charge is 0.465 e. The van der Waals surface area contributed by atoms with Gasteiger partial charge in [0.2, 0.25) is 0 Å². The third kappa shape index (κ3) is 31.1. The minimum Gasteiger partial charge on any atom is -0.465 e. The lowest BCUT2D eigenvalue weighted by atomic mass is 9.96. The first-order valence-electron chi connectivity index (χ1n) is 21.4. The van der Waals surface area contributed by atoms with Crippen molar-refractivity contribution in [3.05, 3.63) is 0 Å². The zero-order valence-electron chi connectivity index (χ0n) is 33.7. The highest BCUT2D eigenvalue weighted by molar-refractivity contribution is 5.69. The van der Waals surface area contributed by atoms with Crippen LogP contribution in [0.15, 0.2) is 0 Å². The Balaban J connectivity index is 4.38. The third-order valence-electron chi connectivity index (χ3n) is 10.2. The quantitative estimate of drug-likeness (QED) is 0.0473. The number of carbonyl (C=O) groups excluding carboxylic acids is 2. The molecule has 292 valence electrons. The number of carbonyl (C=O) groups is 2. The molecule has 7 nitrogen and oxygen atoms in total. The van der Waals surface area contributed by atoms with Gasteiger partial charge in [0.05, 0.1) is 6.61 Å². The predicted octanol–water partition coefficient (Wildman–Crippen LogP) is 11.8. The van der Waals surface area contributed by atoms with Crippen LogP contribution in [0.1, 0.15) is 196 Å². The topological polar surface area (TPSA) is 68.3 Å². The molecule has 0 amide bonds. The van der Waals surface area contributed by atoms with Crippen molar-refractivity contribution in [2.45, 2.75) is 202 Å². The van der Waals surface area contributed by atoms with Gasteiger partial charge in [0.1, 0.15) is 12.7 Å². The maximum Gasteiger partial charge on any atom is 0.508 e. The Bertz CT molecular complexity index is 717. The summed E-state index contributed by atoms with van der Waals surface area (Å²) in [5.41, 5.74) is 0. The molecule has 7 heteroatoms. The van der Waals surface area contributed by atoms with E-state index in [2.05, 4.69) is 51.3 Å². The van der Waals surface area contributed by atoms with E-state index in [4.69, 9.17) is 14.2 Å². The normalized spacial score (nSPS) is 12.8. The van der Waals surface area contributed by atoms with Crippen LogP contribution in [0.25, 0.3) is 0 Å². The Morgan fingerprint density at radius 2 is 0.959 bits per heavy atom. The standard InChI is InChI=1S/C42H84N2O5/c1-7-13-16-18-19-22-26-31-40(49-42(46)47-37-36-44(12-6)35-34-43(10-4)11-5)32-27-23-20-21-24-28-33-41(45)48-38-39(29-15-9-3)30-25-17-14-8-2/h39-40H,7-38H2,1-6H3. The summed E-state index contributed by atoms with van der Waals surface area (Å²) in [6, 6.07) is 0. The number of ether oxygens (including phenoxy) is 3. The second-order valence-corrected chi connectivity index (χ2v) is 14.4. The first kappa shape index (κ1) is 47.7. The zero-order chi connectivity index (χ0) is 36.2. The maximum absolute atomic E-state index is 12.6. The molecule has 2 unspecified atom stereocenters. The van der Waals surface area contributed by atoms with E-state index in [9.17, 15) is 9.59 Å². The van der Waals surface area contributed by atoms with E-state index < -0.39 is 6.16 Å². The number of likely N-dealkylation sites (N-methyl/N-ethyl adjacent to an activating group) is 2. The fourth-order valence-electron chi connectivity index (χ4n) is 6.57. The molecule has 0 saturated heterocycles. The Morgan fingerprint density at radius 1 is 0.490 bits per heavy atom. The van der Waals surface area contributed by atoms with Crippen LogP contribution < -0.4 is 0 Å². The molecule has 0 aliphatic carbocycles. The number of unbranched alkanes of at least 4 members (excludes halogenated alkanes) is 15. The van der Waals surface area contributed by atoms with Crippen LogP contribution >= 0.6 is 0 Å². The van der Waals surface area contributed by atoms with Crippen LogP contribution in [0.3, 0.4) is 0 Å². The molecular formula is C42H84N2O5. The fraction of sp³-hybridized carbons (Fsp3) is 0.952. The van der Waals surface area contributed by atoms with Crippen molar-refractivity contribution in [2.75, 3.05) is 52.5 Å². The Hall–Kier alpha value is -1.34. The van der Waals surface area contributed by atoms with Crippen molar-refractivity contribution in [3.8, 4) is 0 Å². The molecule has 0 rings (SSSR count). The summed E-state index contributed by atoms with van der Waals surface area (Å²) in [6.07, 6.45) is 27.0. The van der Waals surface area contributed by atoms with E-state index >= 15 is 0 Å². The van der Waals surface area contributed by atoms with Crippen molar-refractivity contribution in [1.29, 1.82) is 0 Å². The number of rotatable bonds is 37. The summed E-state index contributed by atoms with van der Waals surface area (Å²) in [7, 11) is 0. The molecule has 0 aliphatic rings. The molecule has 0 fully saturated rings. The first-order valence-corrected chi connectivity index (χ1v) is 21.4. The number of hydrogen-bond donors (Lipinski definition) is 0. The number of nitrogens with zero attached hydrogens (tertiary/aromatic N) is 2. The van der Waals surface area contributed by atoms with Gasteiger partial charge in [0.25, 0.3) is 0 Å². The fourth-order valence-corrected chi connectivity index (χ4v) is 6.57. The van der Waals surface area contributed by atoms with Crippen molar-refractivity contribution in [2.24, 2.45) is 5.92 Å². The lowest BCUT2D eigenvalue weighted by Gasteiger charge is -2.25. The Kier molecular flexibility index (Phi) is 35.5. The van der Waals surface area contributed by atoms with Gasteiger partial charge in [-0.25, -0.2) is 4.79 Å². The summed E-state index contributed by atoms with van der Waals surface area (Å²) in [4.78, 5) is 29.8. The lowest BCUT2D eigenvalue weighted by molar-refractivity contribution is -0.145. The largest absolute Gasteiger partial charge is 0.508 e. The van der Waals surface area contributed by atoms with Gasteiger partial charge in [0.15, 0.2) is 0 Å². The molecule has 0 spiro atoms. The molecule has 0 heterocycles. The Labute approximate surface area is 305 Å². The summed E-state index contributed by atoms with van der Waals surface area (Å²) in [6.45, 7) is 20.1. The molecule has 0 aliphatic heterocycles. The van der Waals surface area contributed by atoms with Crippen molar-refractivity contribution >= 4 is 12.1 Å². The lowest BCUT2D eigenvalue weighted by Crippen LogP contribution is -2.37. The van der Waals surface area contributed by atoms with Crippen molar-refractivity contribution in [3.63, 3.8) is 0 Å². The maximum atomic E-state index is 12.6. The highest BCUT2D eigenvalue weighted by Crippen LogP contribution is 2.20. The van der Waals surface area contributed by atoms with E-state index in [-0.39, 0.29) is 12.1 Å². The molecule has 0 N–H and O–H groups in total. The molecule has 0 bridgehead atoms. The van der Waals surface area contributed by atoms with Crippen molar-refractivity contribution < 1.29 is 23.8 Å². The van der Waals surface area contributed by atoms with Gasteiger partial charge in [0, 0.05) is 26.1 Å². The third-order valence-corrected chi connectivity index (χ3v) is 10.2. The molecular weight excluding hydrogens is 612 g/mol. The molecule has 0 aromatic carbocycles. The SMILES string of the molecule is CCCCCCCCCC(CCCCCCCCC(=O)OCC(CCCC)CCCCCC)OC(=O)OCCN(CC)CCN(CC)CC. The molecule has 0 radical (unpaired) electrons. The molecule has 49 heavy (non-hydrogen) atoms. The van der Waals surface area contributed by atoms with Gasteiger partial charge in [-0.1, -0.05) is 144 Å². The first-order chi connectivity index (χ1) is 23.9. The van der Waals surface area contributed by atoms with Gasteiger partial charge in [-0.15, -0.1) is 0 Å². The minimum absolute atomic E-state index is 0.0191. The minimum atomic E-state index is -0.507. The average molecular weight is 697 g/mol. The van der Waals surface area contributed by atoms with Gasteiger partial charge in [-0.3, -0.25) is 9.69 Å². The molecule has 0 saturated carbocycles. The Morgan fingerprint density at radius 3 is 1.53 bits per heavy atom. The molecule has 2 atom stereocenters. The van der Waals surface area contributed by atoms with Crippen molar-refractivity contribution in [1.82, 2.24) is 9.80 Å². The average Bonchev–Trinajstić information content (AvgIpc) is 3.10. The van der Waals surface area contributed by atoms with Gasteiger partial charge in [-0.05, 0) is 70.5 Å². The van der Waals surface area contributed by atoms with E-state index in [1.54, 1.807) is 0 Å². The van der Waals surface area contributed by atoms with Crippen LogP contribution in [0, 0.1) is 5.92 Å². The zero-order valence-corrected chi connectivity index (χ0v) is 33.7. The highest BCUT2D eigenvalue weighted by atomic mass is 16.7. The van der Waals surface area contributed by atoms with Crippen LogP contribution in [0.4, 0.5) is 4.79 Å². The second kappa shape index (κ2) is 36.5. The number of hydrogen-bond acceptors (Lipinski definition) is 7. The molecule has 0 aromatic rings. The van der Waals surface area contributed by atoms with Gasteiger partial charge >= 0.3 is 12.1 Å². The summed E-state index contributed by atoms with van der Waals surface area (Å²) in [5.74, 6) is 0.509. The highest BCUT2D eigenvalue weighted by Gasteiger charge is 2.16. The molecule has 0 aromatic heterocycles. The van der Waals surface area contributed by atoms with Gasteiger partial charge < -0.3 is 19.1 Å². The van der Waals surface area contributed by atoms with E-state index in [1.165, 1.54) is 89.9 Å². The van der Waals surface area contributed by atoms with E-state index in [1.807, 2.05) is 0 Å². The second-order valence-electron chi connectivity index (χ2n) is 14.4. The van der Waals surface area contributed by atoms with Crippen LogP contribution in [-0.4, -0.2) is 80.5 Å². The van der Waals surface area contributed by atoms with E-state index in [0.717, 1.165) is 97.1 Å². The summed E-state index contributed by atoms with van der Waals surface area (Å²) < 4.78 is 17.1. The van der Waals surface area contributed by atoms with Crippen LogP contribution in [0.2, 0.25) is 0 Å². The predicted molar refractivity (Wildman–Crippen MR) is 208 cm³/mol. The van der Waals surface area contributed by atoms with E-state index in [0.29, 0.717) is 25.6 Å².